The molecule has 0 aliphatic carbocycles. The lowest BCUT2D eigenvalue weighted by molar-refractivity contribution is 0.0949. The highest BCUT2D eigenvalue weighted by Gasteiger charge is 2.09. The molecule has 0 bridgehead atoms. The minimum absolute atomic E-state index is 0.0659. The fourth-order valence-corrected chi connectivity index (χ4v) is 1.80. The standard InChI is InChI=1S/C15H16N2O/c1-2-14-13(9-6-10-16-14)15(18)17-11-12-7-4-3-5-8-12/h3-10H,2,11H2,1H3,(H,17,18). The van der Waals surface area contributed by atoms with E-state index in [2.05, 4.69) is 10.3 Å². The lowest BCUT2D eigenvalue weighted by Gasteiger charge is -2.08. The zero-order valence-electron chi connectivity index (χ0n) is 10.4. The zero-order chi connectivity index (χ0) is 12.8. The molecule has 0 aliphatic heterocycles. The number of nitrogens with zero attached hydrogens (tertiary/aromatic N) is 1. The molecule has 0 spiro atoms. The summed E-state index contributed by atoms with van der Waals surface area (Å²) in [5, 5.41) is 2.91. The second kappa shape index (κ2) is 5.96. The normalized spacial score (nSPS) is 10.1. The summed E-state index contributed by atoms with van der Waals surface area (Å²) in [6, 6.07) is 13.5. The average molecular weight is 240 g/mol. The second-order valence-electron chi connectivity index (χ2n) is 4.02. The molecule has 1 amide bonds. The van der Waals surface area contributed by atoms with Gasteiger partial charge < -0.3 is 5.32 Å². The Morgan fingerprint density at radius 1 is 1.17 bits per heavy atom. The lowest BCUT2D eigenvalue weighted by Crippen LogP contribution is -2.24. The highest BCUT2D eigenvalue weighted by molar-refractivity contribution is 5.95. The van der Waals surface area contributed by atoms with E-state index < -0.39 is 0 Å². The summed E-state index contributed by atoms with van der Waals surface area (Å²) in [4.78, 5) is 16.3. The quantitative estimate of drug-likeness (QED) is 0.892. The van der Waals surface area contributed by atoms with Gasteiger partial charge in [0.15, 0.2) is 0 Å². The third-order valence-electron chi connectivity index (χ3n) is 2.77. The fourth-order valence-electron chi connectivity index (χ4n) is 1.80. The minimum atomic E-state index is -0.0659. The molecule has 3 heteroatoms. The summed E-state index contributed by atoms with van der Waals surface area (Å²) in [6.07, 6.45) is 2.47. The van der Waals surface area contributed by atoms with Crippen molar-refractivity contribution in [3.63, 3.8) is 0 Å². The smallest absolute Gasteiger partial charge is 0.253 e. The van der Waals surface area contributed by atoms with Gasteiger partial charge in [-0.2, -0.15) is 0 Å². The molecule has 0 radical (unpaired) electrons. The van der Waals surface area contributed by atoms with Crippen molar-refractivity contribution in [1.29, 1.82) is 0 Å². The molecule has 0 atom stereocenters. The van der Waals surface area contributed by atoms with Gasteiger partial charge in [0.25, 0.3) is 5.91 Å². The Morgan fingerprint density at radius 3 is 2.67 bits per heavy atom. The molecule has 1 aromatic carbocycles. The Hall–Kier alpha value is -2.16. The third kappa shape index (κ3) is 2.94. The predicted octanol–water partition coefficient (Wildman–Crippen LogP) is 2.57. The number of carbonyl (C=O) groups excluding carboxylic acids is 1. The maximum atomic E-state index is 12.0. The molecule has 0 saturated heterocycles. The SMILES string of the molecule is CCc1ncccc1C(=O)NCc1ccccc1. The van der Waals surface area contributed by atoms with E-state index in [1.54, 1.807) is 12.3 Å². The van der Waals surface area contributed by atoms with Gasteiger partial charge >= 0.3 is 0 Å². The first kappa shape index (κ1) is 12.3. The van der Waals surface area contributed by atoms with Gasteiger partial charge in [-0.05, 0) is 24.1 Å². The van der Waals surface area contributed by atoms with Crippen LogP contribution < -0.4 is 5.32 Å². The summed E-state index contributed by atoms with van der Waals surface area (Å²) < 4.78 is 0. The first-order valence-electron chi connectivity index (χ1n) is 6.07. The average Bonchev–Trinajstić information content (AvgIpc) is 2.45. The van der Waals surface area contributed by atoms with Crippen LogP contribution in [-0.2, 0) is 13.0 Å². The maximum Gasteiger partial charge on any atom is 0.253 e. The van der Waals surface area contributed by atoms with Crippen LogP contribution in [-0.4, -0.2) is 10.9 Å². The van der Waals surface area contributed by atoms with E-state index in [0.29, 0.717) is 12.1 Å². The van der Waals surface area contributed by atoms with Crippen LogP contribution in [0, 0.1) is 0 Å². The highest BCUT2D eigenvalue weighted by Crippen LogP contribution is 2.06. The first-order chi connectivity index (χ1) is 8.81. The Kier molecular flexibility index (Phi) is 4.07. The van der Waals surface area contributed by atoms with Crippen molar-refractivity contribution in [2.75, 3.05) is 0 Å². The van der Waals surface area contributed by atoms with E-state index in [9.17, 15) is 4.79 Å². The molecule has 18 heavy (non-hydrogen) atoms. The minimum Gasteiger partial charge on any atom is -0.348 e. The molecule has 0 unspecified atom stereocenters. The van der Waals surface area contributed by atoms with Crippen LogP contribution in [0.5, 0.6) is 0 Å². The molecule has 0 saturated carbocycles. The number of amides is 1. The van der Waals surface area contributed by atoms with Gasteiger partial charge in [-0.3, -0.25) is 9.78 Å². The van der Waals surface area contributed by atoms with Crippen LogP contribution in [0.15, 0.2) is 48.7 Å². The molecule has 2 rings (SSSR count). The molecular formula is C15H16N2O. The van der Waals surface area contributed by atoms with Crippen LogP contribution in [0.25, 0.3) is 0 Å². The third-order valence-corrected chi connectivity index (χ3v) is 2.77. The topological polar surface area (TPSA) is 42.0 Å². The van der Waals surface area contributed by atoms with Gasteiger partial charge in [0.2, 0.25) is 0 Å². The van der Waals surface area contributed by atoms with Gasteiger partial charge in [0, 0.05) is 12.7 Å². The Labute approximate surface area is 107 Å². The molecule has 1 heterocycles. The zero-order valence-corrected chi connectivity index (χ0v) is 10.4. The molecule has 1 aromatic heterocycles. The van der Waals surface area contributed by atoms with Crippen LogP contribution in [0.4, 0.5) is 0 Å². The molecule has 2 aromatic rings. The molecule has 1 N–H and O–H groups in total. The van der Waals surface area contributed by atoms with Crippen molar-refractivity contribution in [1.82, 2.24) is 10.3 Å². The van der Waals surface area contributed by atoms with E-state index in [4.69, 9.17) is 0 Å². The number of hydrogen-bond acceptors (Lipinski definition) is 2. The summed E-state index contributed by atoms with van der Waals surface area (Å²) >= 11 is 0. The lowest BCUT2D eigenvalue weighted by atomic mass is 10.1. The Balaban J connectivity index is 2.04. The first-order valence-corrected chi connectivity index (χ1v) is 6.07. The van der Waals surface area contributed by atoms with E-state index in [1.165, 1.54) is 0 Å². The van der Waals surface area contributed by atoms with Crippen LogP contribution in [0.3, 0.4) is 0 Å². The molecule has 0 fully saturated rings. The van der Waals surface area contributed by atoms with Gasteiger partial charge in [-0.25, -0.2) is 0 Å². The molecule has 0 aliphatic rings. The number of pyridine rings is 1. The number of nitrogens with one attached hydrogen (secondary N) is 1. The van der Waals surface area contributed by atoms with Crippen LogP contribution >= 0.6 is 0 Å². The largest absolute Gasteiger partial charge is 0.348 e. The van der Waals surface area contributed by atoms with Gasteiger partial charge in [-0.1, -0.05) is 37.3 Å². The van der Waals surface area contributed by atoms with Crippen molar-refractivity contribution in [3.05, 3.63) is 65.5 Å². The van der Waals surface area contributed by atoms with Crippen molar-refractivity contribution >= 4 is 5.91 Å². The van der Waals surface area contributed by atoms with Crippen molar-refractivity contribution in [3.8, 4) is 0 Å². The van der Waals surface area contributed by atoms with Gasteiger partial charge in [-0.15, -0.1) is 0 Å². The number of carbonyl (C=O) groups is 1. The van der Waals surface area contributed by atoms with E-state index in [0.717, 1.165) is 17.7 Å². The predicted molar refractivity (Wildman–Crippen MR) is 71.2 cm³/mol. The summed E-state index contributed by atoms with van der Waals surface area (Å²) in [5.41, 5.74) is 2.59. The summed E-state index contributed by atoms with van der Waals surface area (Å²) in [7, 11) is 0. The van der Waals surface area contributed by atoms with Gasteiger partial charge in [0.05, 0.1) is 11.3 Å². The Bertz CT molecular complexity index is 523. The van der Waals surface area contributed by atoms with E-state index in [-0.39, 0.29) is 5.91 Å². The van der Waals surface area contributed by atoms with Crippen molar-refractivity contribution in [2.45, 2.75) is 19.9 Å². The van der Waals surface area contributed by atoms with Crippen LogP contribution in [0.1, 0.15) is 28.5 Å². The summed E-state index contributed by atoms with van der Waals surface area (Å²) in [6.45, 7) is 2.54. The summed E-state index contributed by atoms with van der Waals surface area (Å²) in [5.74, 6) is -0.0659. The van der Waals surface area contributed by atoms with Crippen LogP contribution in [0.2, 0.25) is 0 Å². The monoisotopic (exact) mass is 240 g/mol. The van der Waals surface area contributed by atoms with Gasteiger partial charge in [0.1, 0.15) is 0 Å². The number of benzene rings is 1. The maximum absolute atomic E-state index is 12.0. The number of hydrogen-bond donors (Lipinski definition) is 1. The molecule has 92 valence electrons. The second-order valence-corrected chi connectivity index (χ2v) is 4.02. The van der Waals surface area contributed by atoms with Crippen molar-refractivity contribution in [2.24, 2.45) is 0 Å². The number of rotatable bonds is 4. The fraction of sp³-hybridized carbons (Fsp3) is 0.200. The number of aromatic nitrogens is 1. The molecular weight excluding hydrogens is 224 g/mol. The number of aryl methyl sites for hydroxylation is 1. The molecule has 3 nitrogen and oxygen atoms in total. The van der Waals surface area contributed by atoms with Crippen molar-refractivity contribution < 1.29 is 4.79 Å². The highest BCUT2D eigenvalue weighted by atomic mass is 16.1. The van der Waals surface area contributed by atoms with E-state index >= 15 is 0 Å². The van der Waals surface area contributed by atoms with E-state index in [1.807, 2.05) is 43.3 Å². The Morgan fingerprint density at radius 2 is 1.94 bits per heavy atom.